The molecule has 2 aromatic heterocycles. The number of pyridine rings is 1. The van der Waals surface area contributed by atoms with E-state index in [1.165, 1.54) is 0 Å². The van der Waals surface area contributed by atoms with Gasteiger partial charge in [-0.15, -0.1) is 0 Å². The highest BCUT2D eigenvalue weighted by Gasteiger charge is 2.12. The topological polar surface area (TPSA) is 79.8 Å². The van der Waals surface area contributed by atoms with Crippen LogP contribution in [0.4, 0.5) is 0 Å². The van der Waals surface area contributed by atoms with Crippen molar-refractivity contribution in [2.45, 2.75) is 40.3 Å². The third-order valence-corrected chi connectivity index (χ3v) is 4.27. The molecule has 1 aromatic carbocycles. The predicted octanol–water partition coefficient (Wildman–Crippen LogP) is 2.85. The highest BCUT2D eigenvalue weighted by atomic mass is 16.1. The van der Waals surface area contributed by atoms with E-state index in [9.17, 15) is 9.59 Å². The van der Waals surface area contributed by atoms with Crippen molar-refractivity contribution in [1.29, 1.82) is 0 Å². The number of hydrogen-bond donors (Lipinski definition) is 2. The summed E-state index contributed by atoms with van der Waals surface area (Å²) in [6.07, 6.45) is 1.80. The number of benzene rings is 1. The monoisotopic (exact) mass is 338 g/mol. The number of amides is 1. The fraction of sp³-hybridized carbons (Fsp3) is 0.316. The van der Waals surface area contributed by atoms with Crippen LogP contribution >= 0.6 is 0 Å². The van der Waals surface area contributed by atoms with Crippen molar-refractivity contribution >= 4 is 16.8 Å². The number of nitrogens with zero attached hydrogens (tertiary/aromatic N) is 2. The number of fused-ring (bicyclic) bond motifs is 1. The number of aromatic amines is 1. The van der Waals surface area contributed by atoms with Crippen LogP contribution in [0.2, 0.25) is 0 Å². The van der Waals surface area contributed by atoms with Gasteiger partial charge in [-0.05, 0) is 51.5 Å². The molecule has 0 atom stereocenters. The Bertz CT molecular complexity index is 998. The lowest BCUT2D eigenvalue weighted by atomic mass is 10.1. The standard InChI is InChI=1S/C19H22N4O2/c1-11(2)23-17-8-14(5-6-15(17)9-21-23)18(24)20-10-16-12(3)7-13(4)22-19(16)25/h5-9,11H,10H2,1-4H3,(H,20,24)(H,22,25). The lowest BCUT2D eigenvalue weighted by molar-refractivity contribution is 0.0951. The van der Waals surface area contributed by atoms with Gasteiger partial charge in [0, 0.05) is 34.8 Å². The summed E-state index contributed by atoms with van der Waals surface area (Å²) in [7, 11) is 0. The molecule has 6 heteroatoms. The van der Waals surface area contributed by atoms with E-state index in [1.807, 2.05) is 50.6 Å². The Labute approximate surface area is 145 Å². The van der Waals surface area contributed by atoms with E-state index < -0.39 is 0 Å². The number of hydrogen-bond acceptors (Lipinski definition) is 3. The molecule has 25 heavy (non-hydrogen) atoms. The van der Waals surface area contributed by atoms with E-state index in [4.69, 9.17) is 0 Å². The summed E-state index contributed by atoms with van der Waals surface area (Å²) in [4.78, 5) is 27.3. The molecule has 0 unspecified atom stereocenters. The summed E-state index contributed by atoms with van der Waals surface area (Å²) in [6.45, 7) is 8.00. The fourth-order valence-electron chi connectivity index (χ4n) is 2.96. The zero-order chi connectivity index (χ0) is 18.1. The molecule has 0 bridgehead atoms. The maximum atomic E-state index is 12.5. The summed E-state index contributed by atoms with van der Waals surface area (Å²) >= 11 is 0. The smallest absolute Gasteiger partial charge is 0.253 e. The normalized spacial score (nSPS) is 11.2. The van der Waals surface area contributed by atoms with Crippen LogP contribution in [0, 0.1) is 13.8 Å². The van der Waals surface area contributed by atoms with Crippen LogP contribution in [-0.2, 0) is 6.54 Å². The molecule has 0 aliphatic heterocycles. The Morgan fingerprint density at radius 3 is 2.72 bits per heavy atom. The average molecular weight is 338 g/mol. The highest BCUT2D eigenvalue weighted by Crippen LogP contribution is 2.19. The predicted molar refractivity (Wildman–Crippen MR) is 97.8 cm³/mol. The van der Waals surface area contributed by atoms with Gasteiger partial charge < -0.3 is 10.3 Å². The second-order valence-corrected chi connectivity index (χ2v) is 6.58. The largest absolute Gasteiger partial charge is 0.348 e. The summed E-state index contributed by atoms with van der Waals surface area (Å²) in [5.41, 5.74) is 3.57. The molecule has 3 aromatic rings. The number of carbonyl (C=O) groups is 1. The first-order valence-corrected chi connectivity index (χ1v) is 8.31. The van der Waals surface area contributed by atoms with Crippen molar-refractivity contribution in [2.75, 3.05) is 0 Å². The summed E-state index contributed by atoms with van der Waals surface area (Å²) in [5.74, 6) is -0.210. The van der Waals surface area contributed by atoms with E-state index in [-0.39, 0.29) is 24.1 Å². The van der Waals surface area contributed by atoms with Crippen LogP contribution in [0.15, 0.2) is 35.3 Å². The summed E-state index contributed by atoms with van der Waals surface area (Å²) in [5, 5.41) is 8.19. The minimum Gasteiger partial charge on any atom is -0.348 e. The molecule has 2 N–H and O–H groups in total. The first-order chi connectivity index (χ1) is 11.9. The molecule has 0 aliphatic carbocycles. The SMILES string of the molecule is Cc1cc(C)c(CNC(=O)c2ccc3cnn(C(C)C)c3c2)c(=O)[nH]1. The molecule has 0 saturated heterocycles. The maximum absolute atomic E-state index is 12.5. The molecular formula is C19H22N4O2. The lowest BCUT2D eigenvalue weighted by Crippen LogP contribution is -2.27. The number of rotatable bonds is 4. The molecule has 1 amide bonds. The summed E-state index contributed by atoms with van der Waals surface area (Å²) in [6, 6.07) is 7.61. The molecule has 6 nitrogen and oxygen atoms in total. The maximum Gasteiger partial charge on any atom is 0.253 e. The lowest BCUT2D eigenvalue weighted by Gasteiger charge is -2.10. The van der Waals surface area contributed by atoms with Crippen molar-refractivity contribution in [2.24, 2.45) is 0 Å². The molecule has 0 saturated carbocycles. The van der Waals surface area contributed by atoms with Crippen molar-refractivity contribution in [3.8, 4) is 0 Å². The average Bonchev–Trinajstić information content (AvgIpc) is 2.96. The Hall–Kier alpha value is -2.89. The van der Waals surface area contributed by atoms with Crippen LogP contribution in [0.25, 0.3) is 10.9 Å². The second kappa shape index (κ2) is 6.55. The van der Waals surface area contributed by atoms with Gasteiger partial charge in [-0.2, -0.15) is 5.10 Å². The van der Waals surface area contributed by atoms with Crippen molar-refractivity contribution < 1.29 is 4.79 Å². The number of aromatic nitrogens is 3. The summed E-state index contributed by atoms with van der Waals surface area (Å²) < 4.78 is 1.89. The number of aryl methyl sites for hydroxylation is 2. The zero-order valence-corrected chi connectivity index (χ0v) is 14.9. The molecular weight excluding hydrogens is 316 g/mol. The Morgan fingerprint density at radius 2 is 2.04 bits per heavy atom. The van der Waals surface area contributed by atoms with Gasteiger partial charge >= 0.3 is 0 Å². The van der Waals surface area contributed by atoms with E-state index in [2.05, 4.69) is 15.4 Å². The molecule has 0 radical (unpaired) electrons. The molecule has 0 spiro atoms. The molecule has 0 aliphatic rings. The van der Waals surface area contributed by atoms with Crippen molar-refractivity contribution in [3.05, 3.63) is 63.2 Å². The minimum absolute atomic E-state index is 0.161. The van der Waals surface area contributed by atoms with Gasteiger partial charge in [0.2, 0.25) is 0 Å². The quantitative estimate of drug-likeness (QED) is 0.768. The van der Waals surface area contributed by atoms with Crippen LogP contribution in [0.5, 0.6) is 0 Å². The Morgan fingerprint density at radius 1 is 1.28 bits per heavy atom. The Balaban J connectivity index is 1.83. The molecule has 0 fully saturated rings. The van der Waals surface area contributed by atoms with Gasteiger partial charge in [0.1, 0.15) is 0 Å². The number of nitrogens with one attached hydrogen (secondary N) is 2. The zero-order valence-electron chi connectivity index (χ0n) is 14.9. The van der Waals surface area contributed by atoms with Crippen molar-refractivity contribution in [1.82, 2.24) is 20.1 Å². The third kappa shape index (κ3) is 3.33. The van der Waals surface area contributed by atoms with Gasteiger partial charge in [-0.1, -0.05) is 6.07 Å². The van der Waals surface area contributed by atoms with E-state index >= 15 is 0 Å². The second-order valence-electron chi connectivity index (χ2n) is 6.58. The number of carbonyl (C=O) groups excluding carboxylic acids is 1. The van der Waals surface area contributed by atoms with E-state index in [0.29, 0.717) is 11.1 Å². The molecule has 2 heterocycles. The van der Waals surface area contributed by atoms with Gasteiger partial charge in [0.25, 0.3) is 11.5 Å². The van der Waals surface area contributed by atoms with Gasteiger partial charge in [0.15, 0.2) is 0 Å². The van der Waals surface area contributed by atoms with Gasteiger partial charge in [0.05, 0.1) is 11.7 Å². The third-order valence-electron chi connectivity index (χ3n) is 4.27. The Kier molecular flexibility index (Phi) is 4.44. The minimum atomic E-state index is -0.210. The molecule has 3 rings (SSSR count). The first kappa shape index (κ1) is 17.0. The van der Waals surface area contributed by atoms with Gasteiger partial charge in [-0.25, -0.2) is 0 Å². The van der Waals surface area contributed by atoms with E-state index in [0.717, 1.165) is 22.2 Å². The van der Waals surface area contributed by atoms with Gasteiger partial charge in [-0.3, -0.25) is 14.3 Å². The van der Waals surface area contributed by atoms with Crippen LogP contribution in [-0.4, -0.2) is 20.7 Å². The highest BCUT2D eigenvalue weighted by molar-refractivity contribution is 5.97. The number of H-pyrrole nitrogens is 1. The van der Waals surface area contributed by atoms with E-state index in [1.54, 1.807) is 12.3 Å². The fourth-order valence-corrected chi connectivity index (χ4v) is 2.96. The molecule has 130 valence electrons. The van der Waals surface area contributed by atoms with Crippen molar-refractivity contribution in [3.63, 3.8) is 0 Å². The van der Waals surface area contributed by atoms with Crippen LogP contribution in [0.1, 0.15) is 47.1 Å². The van der Waals surface area contributed by atoms with Crippen LogP contribution in [0.3, 0.4) is 0 Å². The van der Waals surface area contributed by atoms with Crippen LogP contribution < -0.4 is 10.9 Å². The first-order valence-electron chi connectivity index (χ1n) is 8.31.